The lowest BCUT2D eigenvalue weighted by Gasteiger charge is -2.29. The molecule has 0 spiro atoms. The van der Waals surface area contributed by atoms with E-state index in [0.717, 1.165) is 5.56 Å². The Bertz CT molecular complexity index is 538. The molecule has 4 nitrogen and oxygen atoms in total. The molecule has 0 saturated carbocycles. The van der Waals surface area contributed by atoms with Crippen molar-refractivity contribution in [3.05, 3.63) is 29.8 Å². The van der Waals surface area contributed by atoms with Crippen molar-refractivity contribution in [1.29, 1.82) is 0 Å². The first kappa shape index (κ1) is 17.1. The number of hydrogen-bond donors (Lipinski definition) is 1. The van der Waals surface area contributed by atoms with Crippen molar-refractivity contribution in [2.24, 2.45) is 5.92 Å². The lowest BCUT2D eigenvalue weighted by Crippen LogP contribution is -2.28. The van der Waals surface area contributed by atoms with Crippen LogP contribution >= 0.6 is 0 Å². The summed E-state index contributed by atoms with van der Waals surface area (Å²) in [5, 5.41) is 8.95. The van der Waals surface area contributed by atoms with Crippen LogP contribution in [0.4, 0.5) is 0 Å². The van der Waals surface area contributed by atoms with Crippen molar-refractivity contribution in [1.82, 2.24) is 4.90 Å². The summed E-state index contributed by atoms with van der Waals surface area (Å²) in [7, 11) is 0.590. The molecule has 0 aliphatic carbocycles. The monoisotopic (exact) mass is 299 g/mol. The first-order chi connectivity index (χ1) is 9.21. The van der Waals surface area contributed by atoms with Crippen LogP contribution in [-0.2, 0) is 9.84 Å². The Labute approximate surface area is 122 Å². The van der Waals surface area contributed by atoms with Gasteiger partial charge < -0.3 is 10.0 Å². The first-order valence-corrected chi connectivity index (χ1v) is 8.37. The van der Waals surface area contributed by atoms with E-state index in [2.05, 4.69) is 0 Å². The van der Waals surface area contributed by atoms with E-state index in [1.54, 1.807) is 32.0 Å². The molecular formula is C15H25NO3S. The highest BCUT2D eigenvalue weighted by Gasteiger charge is 2.24. The largest absolute Gasteiger partial charge is 0.396 e. The summed E-state index contributed by atoms with van der Waals surface area (Å²) < 4.78 is 24.5. The fourth-order valence-electron chi connectivity index (χ4n) is 2.38. The summed E-state index contributed by atoms with van der Waals surface area (Å²) in [5.74, 6) is 0.0296. The molecule has 1 aromatic carbocycles. The summed E-state index contributed by atoms with van der Waals surface area (Å²) in [4.78, 5) is 2.35. The molecule has 2 atom stereocenters. The van der Waals surface area contributed by atoms with Crippen LogP contribution in [0, 0.1) is 5.92 Å². The zero-order chi connectivity index (χ0) is 15.5. The molecule has 1 rings (SSSR count). The lowest BCUT2D eigenvalue weighted by atomic mass is 9.94. The van der Waals surface area contributed by atoms with Crippen molar-refractivity contribution in [3.63, 3.8) is 0 Å². The summed E-state index contributed by atoms with van der Waals surface area (Å²) in [6.07, 6.45) is 0. The van der Waals surface area contributed by atoms with Crippen molar-refractivity contribution < 1.29 is 13.5 Å². The van der Waals surface area contributed by atoms with Crippen LogP contribution in [0.25, 0.3) is 0 Å². The van der Waals surface area contributed by atoms with E-state index < -0.39 is 15.1 Å². The molecule has 2 unspecified atom stereocenters. The van der Waals surface area contributed by atoms with Crippen LogP contribution in [0.2, 0.25) is 0 Å². The maximum atomic E-state index is 12.3. The van der Waals surface area contributed by atoms with Gasteiger partial charge in [-0.05, 0) is 51.6 Å². The van der Waals surface area contributed by atoms with Crippen LogP contribution in [0.5, 0.6) is 0 Å². The third kappa shape index (κ3) is 3.59. The van der Waals surface area contributed by atoms with Crippen molar-refractivity contribution in [3.8, 4) is 0 Å². The van der Waals surface area contributed by atoms with Crippen LogP contribution < -0.4 is 0 Å². The van der Waals surface area contributed by atoms with Gasteiger partial charge in [0.15, 0.2) is 9.84 Å². The van der Waals surface area contributed by atoms with Crippen molar-refractivity contribution >= 4 is 9.84 Å². The van der Waals surface area contributed by atoms with Crippen LogP contribution in [0.15, 0.2) is 29.2 Å². The molecule has 1 aromatic rings. The highest BCUT2D eigenvalue weighted by Crippen LogP contribution is 2.28. The molecule has 0 amide bonds. The third-order valence-corrected chi connectivity index (χ3v) is 5.68. The van der Waals surface area contributed by atoms with E-state index >= 15 is 0 Å². The Morgan fingerprint density at radius 3 is 2.25 bits per heavy atom. The fourth-order valence-corrected chi connectivity index (χ4v) is 3.50. The average molecular weight is 299 g/mol. The fraction of sp³-hybridized carbons (Fsp3) is 0.600. The number of aliphatic hydroxyl groups excluding tert-OH is 1. The Hall–Kier alpha value is -0.910. The summed E-state index contributed by atoms with van der Waals surface area (Å²) in [6, 6.07) is 7.03. The van der Waals surface area contributed by atoms with Gasteiger partial charge in [0.25, 0.3) is 0 Å². The Morgan fingerprint density at radius 1 is 1.20 bits per heavy atom. The molecule has 5 heteroatoms. The number of benzene rings is 1. The van der Waals surface area contributed by atoms with E-state index in [0.29, 0.717) is 4.90 Å². The van der Waals surface area contributed by atoms with Gasteiger partial charge in [-0.1, -0.05) is 19.1 Å². The number of rotatable bonds is 6. The van der Waals surface area contributed by atoms with E-state index in [9.17, 15) is 13.5 Å². The van der Waals surface area contributed by atoms with Gasteiger partial charge in [-0.3, -0.25) is 0 Å². The summed E-state index contributed by atoms with van der Waals surface area (Å²) in [5.41, 5.74) is 0.915. The number of sulfone groups is 1. The highest BCUT2D eigenvalue weighted by atomic mass is 32.2. The average Bonchev–Trinajstić information content (AvgIpc) is 2.38. The topological polar surface area (TPSA) is 57.6 Å². The molecule has 1 N–H and O–H groups in total. The standard InChI is InChI=1S/C15H25NO3S/c1-11(2)20(18,19)14-8-6-7-13(9-14)15(16(4)5)12(3)10-17/h6-9,11-12,15,17H,10H2,1-5H3. The van der Waals surface area contributed by atoms with Gasteiger partial charge in [-0.25, -0.2) is 8.42 Å². The third-order valence-electron chi connectivity index (χ3n) is 3.53. The van der Waals surface area contributed by atoms with Crippen LogP contribution in [0.1, 0.15) is 32.4 Å². The van der Waals surface area contributed by atoms with E-state index in [1.165, 1.54) is 0 Å². The highest BCUT2D eigenvalue weighted by molar-refractivity contribution is 7.92. The van der Waals surface area contributed by atoms with E-state index in [4.69, 9.17) is 0 Å². The molecule has 0 aliphatic heterocycles. The predicted octanol–water partition coefficient (Wildman–Crippen LogP) is 2.10. The molecule has 0 heterocycles. The molecular weight excluding hydrogens is 274 g/mol. The molecule has 0 radical (unpaired) electrons. The maximum absolute atomic E-state index is 12.3. The van der Waals surface area contributed by atoms with Gasteiger partial charge >= 0.3 is 0 Å². The number of hydrogen-bond acceptors (Lipinski definition) is 4. The zero-order valence-corrected chi connectivity index (χ0v) is 13.7. The SMILES string of the molecule is CC(CO)C(c1cccc(S(=O)(=O)C(C)C)c1)N(C)C. The first-order valence-electron chi connectivity index (χ1n) is 6.83. The van der Waals surface area contributed by atoms with Crippen LogP contribution in [0.3, 0.4) is 0 Å². The predicted molar refractivity (Wildman–Crippen MR) is 81.4 cm³/mol. The smallest absolute Gasteiger partial charge is 0.180 e. The molecule has 20 heavy (non-hydrogen) atoms. The zero-order valence-electron chi connectivity index (χ0n) is 12.9. The molecule has 114 valence electrons. The second-order valence-corrected chi connectivity index (χ2v) is 8.24. The normalized spacial score (nSPS) is 15.6. The van der Waals surface area contributed by atoms with Gasteiger partial charge in [0.05, 0.1) is 10.1 Å². The van der Waals surface area contributed by atoms with Crippen LogP contribution in [-0.4, -0.2) is 44.4 Å². The minimum atomic E-state index is -3.27. The molecule has 0 bridgehead atoms. The number of aliphatic hydroxyl groups is 1. The van der Waals surface area contributed by atoms with Gasteiger partial charge in [0, 0.05) is 12.6 Å². The quantitative estimate of drug-likeness (QED) is 0.874. The van der Waals surface area contributed by atoms with Gasteiger partial charge in [0.1, 0.15) is 0 Å². The minimum Gasteiger partial charge on any atom is -0.396 e. The number of nitrogens with zero attached hydrogens (tertiary/aromatic N) is 1. The minimum absolute atomic E-state index is 0.0117. The molecule has 0 aliphatic rings. The Kier molecular flexibility index (Phi) is 5.74. The maximum Gasteiger partial charge on any atom is 0.180 e. The second kappa shape index (κ2) is 6.70. The van der Waals surface area contributed by atoms with Gasteiger partial charge in [0.2, 0.25) is 0 Å². The molecule has 0 aromatic heterocycles. The van der Waals surface area contributed by atoms with Gasteiger partial charge in [-0.15, -0.1) is 0 Å². The van der Waals surface area contributed by atoms with E-state index in [-0.39, 0.29) is 18.6 Å². The molecule has 0 fully saturated rings. The van der Waals surface area contributed by atoms with Crippen molar-refractivity contribution in [2.45, 2.75) is 37.0 Å². The van der Waals surface area contributed by atoms with E-state index in [1.807, 2.05) is 32.0 Å². The Morgan fingerprint density at radius 2 is 1.80 bits per heavy atom. The molecule has 0 saturated heterocycles. The van der Waals surface area contributed by atoms with Gasteiger partial charge in [-0.2, -0.15) is 0 Å². The lowest BCUT2D eigenvalue weighted by molar-refractivity contribution is 0.145. The summed E-state index contributed by atoms with van der Waals surface area (Å²) >= 11 is 0. The Balaban J connectivity index is 3.28. The second-order valence-electron chi connectivity index (χ2n) is 5.73. The summed E-state index contributed by atoms with van der Waals surface area (Å²) in [6.45, 7) is 5.38. The van der Waals surface area contributed by atoms with Crippen molar-refractivity contribution in [2.75, 3.05) is 20.7 Å².